The summed E-state index contributed by atoms with van der Waals surface area (Å²) < 4.78 is 29.1. The Morgan fingerprint density at radius 1 is 1.24 bits per heavy atom. The van der Waals surface area contributed by atoms with E-state index in [0.717, 1.165) is 50.4 Å². The topological polar surface area (TPSA) is 87.0 Å². The maximum absolute atomic E-state index is 12.7. The Labute approximate surface area is 173 Å². The molecule has 29 heavy (non-hydrogen) atoms. The van der Waals surface area contributed by atoms with Crippen molar-refractivity contribution in [1.82, 2.24) is 19.9 Å². The molecule has 3 aliphatic rings. The van der Waals surface area contributed by atoms with Gasteiger partial charge in [-0.2, -0.15) is 0 Å². The molecule has 0 spiro atoms. The van der Waals surface area contributed by atoms with Crippen molar-refractivity contribution in [2.45, 2.75) is 51.1 Å². The lowest BCUT2D eigenvalue weighted by atomic mass is 9.90. The third-order valence-electron chi connectivity index (χ3n) is 6.83. The lowest BCUT2D eigenvalue weighted by molar-refractivity contribution is -0.133. The lowest BCUT2D eigenvalue weighted by Gasteiger charge is -2.33. The van der Waals surface area contributed by atoms with E-state index in [1.54, 1.807) is 0 Å². The summed E-state index contributed by atoms with van der Waals surface area (Å²) in [5.41, 5.74) is 2.38. The van der Waals surface area contributed by atoms with E-state index in [1.165, 1.54) is 5.56 Å². The van der Waals surface area contributed by atoms with E-state index < -0.39 is 9.84 Å². The molecule has 0 aromatic carbocycles. The van der Waals surface area contributed by atoms with E-state index in [4.69, 9.17) is 4.52 Å². The molecule has 2 fully saturated rings. The van der Waals surface area contributed by atoms with Crippen molar-refractivity contribution in [2.75, 3.05) is 51.3 Å². The van der Waals surface area contributed by atoms with Gasteiger partial charge in [-0.15, -0.1) is 0 Å². The predicted molar refractivity (Wildman–Crippen MR) is 109 cm³/mol. The number of piperidine rings is 1. The van der Waals surface area contributed by atoms with Gasteiger partial charge in [0.2, 0.25) is 5.91 Å². The van der Waals surface area contributed by atoms with Crippen molar-refractivity contribution < 1.29 is 17.7 Å². The SMILES string of the molecule is CCN1CCc2noc(C3CCN(C(=O)CN(C)C4CCS(=O)(=O)C4)CC3)c2C1. The number of sulfone groups is 1. The first-order chi connectivity index (χ1) is 13.9. The average molecular weight is 425 g/mol. The van der Waals surface area contributed by atoms with Gasteiger partial charge < -0.3 is 9.42 Å². The Morgan fingerprint density at radius 2 is 2.00 bits per heavy atom. The monoisotopic (exact) mass is 424 g/mol. The van der Waals surface area contributed by atoms with Crippen LogP contribution in [-0.4, -0.2) is 91.5 Å². The van der Waals surface area contributed by atoms with Crippen LogP contribution in [0.15, 0.2) is 4.52 Å². The van der Waals surface area contributed by atoms with E-state index >= 15 is 0 Å². The molecule has 0 saturated carbocycles. The number of carbonyl (C=O) groups excluding carboxylic acids is 1. The van der Waals surface area contributed by atoms with Gasteiger partial charge >= 0.3 is 0 Å². The smallest absolute Gasteiger partial charge is 0.236 e. The fourth-order valence-electron chi connectivity index (χ4n) is 4.84. The molecule has 4 rings (SSSR count). The van der Waals surface area contributed by atoms with Crippen LogP contribution >= 0.6 is 0 Å². The molecule has 1 aromatic rings. The van der Waals surface area contributed by atoms with E-state index in [2.05, 4.69) is 17.0 Å². The van der Waals surface area contributed by atoms with E-state index in [0.29, 0.717) is 25.4 Å². The summed E-state index contributed by atoms with van der Waals surface area (Å²) in [5.74, 6) is 1.85. The number of carbonyl (C=O) groups is 1. The Balaban J connectivity index is 1.31. The zero-order valence-electron chi connectivity index (χ0n) is 17.5. The van der Waals surface area contributed by atoms with Crippen LogP contribution in [0.25, 0.3) is 0 Å². The first-order valence-corrected chi connectivity index (χ1v) is 12.6. The molecule has 1 atom stereocenters. The Kier molecular flexibility index (Phi) is 5.99. The maximum Gasteiger partial charge on any atom is 0.236 e. The summed E-state index contributed by atoms with van der Waals surface area (Å²) in [6.07, 6.45) is 3.36. The molecule has 0 bridgehead atoms. The standard InChI is InChI=1S/C20H32N4O4S/c1-3-23-8-6-18-17(12-23)20(28-21-18)15-4-9-24(10-5-15)19(25)13-22(2)16-7-11-29(26,27)14-16/h15-16H,3-14H2,1-2H3. The molecule has 0 aliphatic carbocycles. The molecular formula is C20H32N4O4S. The van der Waals surface area contributed by atoms with Crippen molar-refractivity contribution in [3.8, 4) is 0 Å². The van der Waals surface area contributed by atoms with Gasteiger partial charge in [-0.3, -0.25) is 14.6 Å². The van der Waals surface area contributed by atoms with Crippen LogP contribution in [0, 0.1) is 0 Å². The molecule has 1 amide bonds. The molecule has 2 saturated heterocycles. The van der Waals surface area contributed by atoms with E-state index in [-0.39, 0.29) is 30.0 Å². The molecule has 0 N–H and O–H groups in total. The normalized spacial score (nSPS) is 25.5. The highest BCUT2D eigenvalue weighted by Crippen LogP contribution is 2.34. The highest BCUT2D eigenvalue weighted by Gasteiger charge is 2.34. The van der Waals surface area contributed by atoms with Gasteiger partial charge in [-0.05, 0) is 32.9 Å². The van der Waals surface area contributed by atoms with Crippen LogP contribution in [0.3, 0.4) is 0 Å². The van der Waals surface area contributed by atoms with E-state index in [9.17, 15) is 13.2 Å². The van der Waals surface area contributed by atoms with Crippen molar-refractivity contribution in [3.05, 3.63) is 17.0 Å². The molecular weight excluding hydrogens is 392 g/mol. The van der Waals surface area contributed by atoms with Gasteiger partial charge in [0.05, 0.1) is 23.7 Å². The first-order valence-electron chi connectivity index (χ1n) is 10.7. The number of fused-ring (bicyclic) bond motifs is 1. The Hall–Kier alpha value is -1.45. The van der Waals surface area contributed by atoms with Gasteiger partial charge in [0.25, 0.3) is 0 Å². The largest absolute Gasteiger partial charge is 0.360 e. The Morgan fingerprint density at radius 3 is 2.66 bits per heavy atom. The fraction of sp³-hybridized carbons (Fsp3) is 0.800. The van der Waals surface area contributed by atoms with Crippen LogP contribution in [0.2, 0.25) is 0 Å². The number of hydrogen-bond donors (Lipinski definition) is 0. The van der Waals surface area contributed by atoms with Crippen molar-refractivity contribution in [2.24, 2.45) is 0 Å². The number of likely N-dealkylation sites (tertiary alicyclic amines) is 1. The number of nitrogens with zero attached hydrogens (tertiary/aromatic N) is 4. The van der Waals surface area contributed by atoms with E-state index in [1.807, 2.05) is 16.8 Å². The number of hydrogen-bond acceptors (Lipinski definition) is 7. The summed E-state index contributed by atoms with van der Waals surface area (Å²) in [4.78, 5) is 19.0. The van der Waals surface area contributed by atoms with Gasteiger partial charge in [0.15, 0.2) is 9.84 Å². The molecule has 1 unspecified atom stereocenters. The summed E-state index contributed by atoms with van der Waals surface area (Å²) in [7, 11) is -1.08. The van der Waals surface area contributed by atoms with Crippen LogP contribution in [0.1, 0.15) is 49.1 Å². The molecule has 162 valence electrons. The number of rotatable bonds is 5. The summed E-state index contributed by atoms with van der Waals surface area (Å²) in [5, 5.41) is 4.31. The molecule has 8 nitrogen and oxygen atoms in total. The summed E-state index contributed by atoms with van der Waals surface area (Å²) in [6, 6.07) is -0.0382. The Bertz CT molecular complexity index is 845. The van der Waals surface area contributed by atoms with Crippen LogP contribution < -0.4 is 0 Å². The zero-order valence-corrected chi connectivity index (χ0v) is 18.3. The molecule has 0 radical (unpaired) electrons. The van der Waals surface area contributed by atoms with Crippen LogP contribution in [-0.2, 0) is 27.6 Å². The van der Waals surface area contributed by atoms with Crippen LogP contribution in [0.5, 0.6) is 0 Å². The predicted octanol–water partition coefficient (Wildman–Crippen LogP) is 0.878. The number of amides is 1. The maximum atomic E-state index is 12.7. The quantitative estimate of drug-likeness (QED) is 0.693. The van der Waals surface area contributed by atoms with Crippen molar-refractivity contribution in [3.63, 3.8) is 0 Å². The highest BCUT2D eigenvalue weighted by molar-refractivity contribution is 7.91. The summed E-state index contributed by atoms with van der Waals surface area (Å²) >= 11 is 0. The second kappa shape index (κ2) is 8.35. The van der Waals surface area contributed by atoms with Crippen molar-refractivity contribution in [1.29, 1.82) is 0 Å². The molecule has 4 heterocycles. The molecule has 3 aliphatic heterocycles. The van der Waals surface area contributed by atoms with Gasteiger partial charge in [0.1, 0.15) is 5.76 Å². The lowest BCUT2D eigenvalue weighted by Crippen LogP contribution is -2.45. The molecule has 9 heteroatoms. The third-order valence-corrected chi connectivity index (χ3v) is 8.58. The second-order valence-electron chi connectivity index (χ2n) is 8.72. The van der Waals surface area contributed by atoms with Gasteiger partial charge in [-0.1, -0.05) is 12.1 Å². The van der Waals surface area contributed by atoms with Gasteiger partial charge in [0, 0.05) is 50.1 Å². The first kappa shape index (κ1) is 20.8. The van der Waals surface area contributed by atoms with Crippen molar-refractivity contribution >= 4 is 15.7 Å². The summed E-state index contributed by atoms with van der Waals surface area (Å²) in [6.45, 7) is 6.89. The van der Waals surface area contributed by atoms with Crippen LogP contribution in [0.4, 0.5) is 0 Å². The third kappa shape index (κ3) is 4.51. The minimum Gasteiger partial charge on any atom is -0.360 e. The second-order valence-corrected chi connectivity index (χ2v) is 10.9. The minimum absolute atomic E-state index is 0.0382. The minimum atomic E-state index is -2.93. The molecule has 1 aromatic heterocycles. The number of likely N-dealkylation sites (N-methyl/N-ethyl adjacent to an activating group) is 2. The fourth-order valence-corrected chi connectivity index (χ4v) is 6.64. The average Bonchev–Trinajstić information content (AvgIpc) is 3.30. The van der Waals surface area contributed by atoms with Gasteiger partial charge in [-0.25, -0.2) is 8.42 Å². The zero-order chi connectivity index (χ0) is 20.6. The highest BCUT2D eigenvalue weighted by atomic mass is 32.2. The number of aromatic nitrogens is 1.